The van der Waals surface area contributed by atoms with Crippen LogP contribution in [0.4, 0.5) is 4.39 Å². The standard InChI is InChI=1S/C38H45FN4O5/c1-23(24-14-16-25(17-15-24)28-10-5-6-12-31(28)39)41-35(45)32-19-26(44)21-42(32)37(47)34(38(2,3)4)43-22-30-29(36(43)46)11-7-13-33(30)48-27-9-8-18-40-20-27/h5-7,10-17,23,26-27,32,34,40,44H,8-9,18-22H2,1-4H3,(H,41,45)/t23-,26+,27-,32-,34+/m0/s1. The summed E-state index contributed by atoms with van der Waals surface area (Å²) in [5, 5.41) is 17.1. The number of rotatable bonds is 8. The van der Waals surface area contributed by atoms with Crippen molar-refractivity contribution in [3.8, 4) is 16.9 Å². The van der Waals surface area contributed by atoms with E-state index >= 15 is 0 Å². The maximum atomic E-state index is 14.5. The van der Waals surface area contributed by atoms with Gasteiger partial charge in [0.1, 0.15) is 29.8 Å². The first-order chi connectivity index (χ1) is 22.9. The van der Waals surface area contributed by atoms with Crippen LogP contribution in [0.5, 0.6) is 5.75 Å². The van der Waals surface area contributed by atoms with E-state index in [0.29, 0.717) is 16.9 Å². The Hall–Kier alpha value is -4.28. The number of nitrogens with zero attached hydrogens (tertiary/aromatic N) is 2. The lowest BCUT2D eigenvalue weighted by molar-refractivity contribution is -0.145. The van der Waals surface area contributed by atoms with E-state index in [1.807, 2.05) is 64.1 Å². The molecule has 0 saturated carbocycles. The number of aliphatic hydroxyl groups excluding tert-OH is 1. The summed E-state index contributed by atoms with van der Waals surface area (Å²) >= 11 is 0. The summed E-state index contributed by atoms with van der Waals surface area (Å²) < 4.78 is 20.6. The molecule has 5 atom stereocenters. The summed E-state index contributed by atoms with van der Waals surface area (Å²) in [4.78, 5) is 45.1. The van der Waals surface area contributed by atoms with Gasteiger partial charge in [-0.25, -0.2) is 4.39 Å². The predicted octanol–water partition coefficient (Wildman–Crippen LogP) is 4.83. The number of carbonyl (C=O) groups excluding carboxylic acids is 3. The number of amides is 3. The van der Waals surface area contributed by atoms with Crippen molar-refractivity contribution in [3.63, 3.8) is 0 Å². The number of fused-ring (bicyclic) bond motifs is 1. The Balaban J connectivity index is 1.18. The van der Waals surface area contributed by atoms with Gasteiger partial charge in [0, 0.05) is 36.2 Å². The number of hydrogen-bond acceptors (Lipinski definition) is 6. The Labute approximate surface area is 281 Å². The van der Waals surface area contributed by atoms with E-state index in [0.717, 1.165) is 42.6 Å². The third kappa shape index (κ3) is 6.82. The van der Waals surface area contributed by atoms with Crippen molar-refractivity contribution < 1.29 is 28.6 Å². The normalized spacial score (nSPS) is 22.3. The molecule has 3 N–H and O–H groups in total. The van der Waals surface area contributed by atoms with Crippen molar-refractivity contribution in [1.29, 1.82) is 0 Å². The van der Waals surface area contributed by atoms with Crippen LogP contribution in [0.25, 0.3) is 11.1 Å². The summed E-state index contributed by atoms with van der Waals surface area (Å²) in [6, 6.07) is 17.1. The van der Waals surface area contributed by atoms with E-state index in [-0.39, 0.29) is 49.2 Å². The maximum Gasteiger partial charge on any atom is 0.255 e. The van der Waals surface area contributed by atoms with Crippen molar-refractivity contribution in [2.75, 3.05) is 19.6 Å². The third-order valence-corrected chi connectivity index (χ3v) is 9.68. The van der Waals surface area contributed by atoms with E-state index in [1.165, 1.54) is 11.0 Å². The molecule has 0 unspecified atom stereocenters. The smallest absolute Gasteiger partial charge is 0.255 e. The molecule has 10 heteroatoms. The largest absolute Gasteiger partial charge is 0.489 e. The Morgan fingerprint density at radius 2 is 1.77 bits per heavy atom. The lowest BCUT2D eigenvalue weighted by atomic mass is 9.84. The first kappa shape index (κ1) is 33.6. The molecule has 3 heterocycles. The Morgan fingerprint density at radius 1 is 1.04 bits per heavy atom. The number of nitrogens with one attached hydrogen (secondary N) is 2. The second-order valence-electron chi connectivity index (χ2n) is 14.3. The molecular formula is C38H45FN4O5. The lowest BCUT2D eigenvalue weighted by Crippen LogP contribution is -2.58. The van der Waals surface area contributed by atoms with Gasteiger partial charge in [0.05, 0.1) is 18.7 Å². The quantitative estimate of drug-likeness (QED) is 0.321. The summed E-state index contributed by atoms with van der Waals surface area (Å²) in [6.45, 7) is 9.47. The van der Waals surface area contributed by atoms with Crippen LogP contribution in [-0.4, -0.2) is 76.6 Å². The Kier molecular flexibility index (Phi) is 9.58. The zero-order valence-electron chi connectivity index (χ0n) is 28.0. The van der Waals surface area contributed by atoms with Gasteiger partial charge < -0.3 is 30.3 Å². The second kappa shape index (κ2) is 13.7. The minimum Gasteiger partial charge on any atom is -0.489 e. The monoisotopic (exact) mass is 656 g/mol. The zero-order chi connectivity index (χ0) is 34.2. The highest BCUT2D eigenvalue weighted by molar-refractivity contribution is 6.02. The van der Waals surface area contributed by atoms with Crippen molar-refractivity contribution in [1.82, 2.24) is 20.4 Å². The molecule has 2 fully saturated rings. The molecule has 48 heavy (non-hydrogen) atoms. The van der Waals surface area contributed by atoms with Crippen molar-refractivity contribution in [3.05, 3.63) is 89.2 Å². The molecule has 3 aliphatic heterocycles. The number of aliphatic hydroxyl groups is 1. The van der Waals surface area contributed by atoms with E-state index < -0.39 is 29.6 Å². The molecule has 6 rings (SSSR count). The van der Waals surface area contributed by atoms with E-state index in [1.54, 1.807) is 29.2 Å². The molecular weight excluding hydrogens is 611 g/mol. The van der Waals surface area contributed by atoms with Crippen LogP contribution in [-0.2, 0) is 16.1 Å². The molecule has 0 aliphatic carbocycles. The van der Waals surface area contributed by atoms with Crippen molar-refractivity contribution >= 4 is 17.7 Å². The molecule has 3 aromatic rings. The first-order valence-electron chi connectivity index (χ1n) is 16.9. The minimum atomic E-state index is -0.907. The van der Waals surface area contributed by atoms with Gasteiger partial charge in [-0.3, -0.25) is 14.4 Å². The topological polar surface area (TPSA) is 111 Å². The van der Waals surface area contributed by atoms with Crippen LogP contribution in [0.1, 0.15) is 74.5 Å². The van der Waals surface area contributed by atoms with Crippen LogP contribution >= 0.6 is 0 Å². The molecule has 0 spiro atoms. The van der Waals surface area contributed by atoms with Gasteiger partial charge in [0.25, 0.3) is 5.91 Å². The molecule has 3 aliphatic rings. The third-order valence-electron chi connectivity index (χ3n) is 9.68. The fraction of sp³-hybridized carbons (Fsp3) is 0.447. The molecule has 0 bridgehead atoms. The number of piperidine rings is 1. The number of hydrogen-bond donors (Lipinski definition) is 3. The van der Waals surface area contributed by atoms with Crippen molar-refractivity contribution in [2.24, 2.45) is 5.41 Å². The molecule has 3 amide bonds. The highest BCUT2D eigenvalue weighted by Gasteiger charge is 2.49. The number of ether oxygens (including phenoxy) is 1. The predicted molar refractivity (Wildman–Crippen MR) is 181 cm³/mol. The second-order valence-corrected chi connectivity index (χ2v) is 14.3. The molecule has 254 valence electrons. The van der Waals surface area contributed by atoms with Crippen molar-refractivity contribution in [2.45, 2.75) is 83.8 Å². The van der Waals surface area contributed by atoms with Crippen LogP contribution in [0, 0.1) is 11.2 Å². The molecule has 9 nitrogen and oxygen atoms in total. The highest BCUT2D eigenvalue weighted by Crippen LogP contribution is 2.38. The SMILES string of the molecule is C[C@H](NC(=O)[C@@H]1C[C@@H](O)CN1C(=O)[C@@H](N1Cc2c(O[C@H]3CCCNC3)cccc2C1=O)C(C)(C)C)c1ccc(-c2ccccc2F)cc1. The maximum absolute atomic E-state index is 14.5. The van der Waals surface area contributed by atoms with Crippen LogP contribution in [0.15, 0.2) is 66.7 Å². The van der Waals surface area contributed by atoms with Crippen LogP contribution in [0.3, 0.4) is 0 Å². The first-order valence-corrected chi connectivity index (χ1v) is 16.9. The van der Waals surface area contributed by atoms with Crippen LogP contribution in [0.2, 0.25) is 0 Å². The molecule has 2 saturated heterocycles. The van der Waals surface area contributed by atoms with Gasteiger partial charge in [0.2, 0.25) is 11.8 Å². The van der Waals surface area contributed by atoms with Gasteiger partial charge in [-0.2, -0.15) is 0 Å². The average molecular weight is 657 g/mol. The molecule has 0 radical (unpaired) electrons. The van der Waals surface area contributed by atoms with Gasteiger partial charge in [-0.1, -0.05) is 69.3 Å². The van der Waals surface area contributed by atoms with E-state index in [9.17, 15) is 23.9 Å². The number of benzene rings is 3. The van der Waals surface area contributed by atoms with E-state index in [4.69, 9.17) is 4.74 Å². The minimum absolute atomic E-state index is 0.00648. The number of β-amino-alcohol motifs (C(OH)–C–C–N with tert-alkyl or cyclic N) is 1. The number of carbonyl (C=O) groups is 3. The molecule has 3 aromatic carbocycles. The number of likely N-dealkylation sites (tertiary alicyclic amines) is 1. The van der Waals surface area contributed by atoms with Crippen LogP contribution < -0.4 is 15.4 Å². The Morgan fingerprint density at radius 3 is 2.46 bits per heavy atom. The molecule has 0 aromatic heterocycles. The lowest BCUT2D eigenvalue weighted by Gasteiger charge is -2.40. The summed E-state index contributed by atoms with van der Waals surface area (Å²) in [6.07, 6.45) is 1.16. The van der Waals surface area contributed by atoms with Gasteiger partial charge in [0.15, 0.2) is 0 Å². The zero-order valence-corrected chi connectivity index (χ0v) is 28.0. The summed E-state index contributed by atoms with van der Waals surface area (Å²) in [7, 11) is 0. The average Bonchev–Trinajstić information content (AvgIpc) is 3.61. The highest BCUT2D eigenvalue weighted by atomic mass is 19.1. The van der Waals surface area contributed by atoms with Gasteiger partial charge in [-0.05, 0) is 61.1 Å². The van der Waals surface area contributed by atoms with E-state index in [2.05, 4.69) is 10.6 Å². The summed E-state index contributed by atoms with van der Waals surface area (Å²) in [5.74, 6) is -0.664. The number of halogens is 1. The fourth-order valence-corrected chi connectivity index (χ4v) is 7.22. The van der Waals surface area contributed by atoms with Gasteiger partial charge in [-0.15, -0.1) is 0 Å². The fourth-order valence-electron chi connectivity index (χ4n) is 7.22. The Bertz CT molecular complexity index is 1670. The van der Waals surface area contributed by atoms with Gasteiger partial charge >= 0.3 is 0 Å². The summed E-state index contributed by atoms with van der Waals surface area (Å²) in [5.41, 5.74) is 2.64.